The first-order chi connectivity index (χ1) is 9.24. The highest BCUT2D eigenvalue weighted by atomic mass is 16.5. The van der Waals surface area contributed by atoms with Gasteiger partial charge in [-0.05, 0) is 38.0 Å². The molecule has 1 aromatic rings. The molecule has 2 atom stereocenters. The molecule has 1 aliphatic heterocycles. The Balaban J connectivity index is 1.64. The van der Waals surface area contributed by atoms with Crippen molar-refractivity contribution >= 4 is 5.91 Å². The molecule has 19 heavy (non-hydrogen) atoms. The summed E-state index contributed by atoms with van der Waals surface area (Å²) in [6, 6.07) is 0. The minimum Gasteiger partial charge on any atom is -0.376 e. The Kier molecular flexibility index (Phi) is 3.55. The van der Waals surface area contributed by atoms with Crippen LogP contribution < -0.4 is 5.32 Å². The van der Waals surface area contributed by atoms with Gasteiger partial charge in [0.15, 0.2) is 5.69 Å². The van der Waals surface area contributed by atoms with Crippen LogP contribution in [0.2, 0.25) is 0 Å². The monoisotopic (exact) mass is 263 g/mol. The highest BCUT2D eigenvalue weighted by molar-refractivity contribution is 5.94. The van der Waals surface area contributed by atoms with Gasteiger partial charge in [0.1, 0.15) is 0 Å². The number of H-pyrrole nitrogens is 1. The van der Waals surface area contributed by atoms with E-state index in [9.17, 15) is 4.79 Å². The molecule has 3 rings (SSSR count). The van der Waals surface area contributed by atoms with Crippen molar-refractivity contribution in [3.63, 3.8) is 0 Å². The molecule has 0 saturated carbocycles. The van der Waals surface area contributed by atoms with Crippen LogP contribution in [0.5, 0.6) is 0 Å². The van der Waals surface area contributed by atoms with E-state index >= 15 is 0 Å². The van der Waals surface area contributed by atoms with Gasteiger partial charge >= 0.3 is 0 Å². The molecule has 2 aliphatic rings. The van der Waals surface area contributed by atoms with Crippen LogP contribution in [0.4, 0.5) is 0 Å². The van der Waals surface area contributed by atoms with Crippen molar-refractivity contribution in [3.05, 3.63) is 17.0 Å². The van der Waals surface area contributed by atoms with Gasteiger partial charge in [-0.25, -0.2) is 0 Å². The standard InChI is InChI=1S/C14H21N3O2/c1-9-4-5-12-11(7-9)13(17-16-12)14(18)15-8-10-3-2-6-19-10/h9-10H,2-8H2,1H3,(H,15,18)(H,16,17)/t9-,10-/m1/s1. The van der Waals surface area contributed by atoms with Gasteiger partial charge in [-0.2, -0.15) is 5.10 Å². The second kappa shape index (κ2) is 5.33. The lowest BCUT2D eigenvalue weighted by molar-refractivity contribution is 0.0852. The zero-order valence-electron chi connectivity index (χ0n) is 11.4. The highest BCUT2D eigenvalue weighted by Gasteiger charge is 2.25. The zero-order chi connectivity index (χ0) is 13.2. The maximum atomic E-state index is 12.2. The summed E-state index contributed by atoms with van der Waals surface area (Å²) in [5, 5.41) is 10.2. The molecule has 1 fully saturated rings. The summed E-state index contributed by atoms with van der Waals surface area (Å²) in [6.45, 7) is 3.63. The number of nitrogens with one attached hydrogen (secondary N) is 2. The van der Waals surface area contributed by atoms with E-state index in [-0.39, 0.29) is 12.0 Å². The second-order valence-corrected chi connectivity index (χ2v) is 5.72. The number of nitrogens with zero attached hydrogens (tertiary/aromatic N) is 1. The van der Waals surface area contributed by atoms with Crippen molar-refractivity contribution in [3.8, 4) is 0 Å². The van der Waals surface area contributed by atoms with Gasteiger partial charge in [-0.1, -0.05) is 6.92 Å². The predicted molar refractivity (Wildman–Crippen MR) is 71.1 cm³/mol. The third-order valence-corrected chi connectivity index (χ3v) is 4.12. The number of carbonyl (C=O) groups is 1. The quantitative estimate of drug-likeness (QED) is 0.867. The molecule has 1 saturated heterocycles. The fourth-order valence-electron chi connectivity index (χ4n) is 2.95. The van der Waals surface area contributed by atoms with Gasteiger partial charge in [0.25, 0.3) is 5.91 Å². The molecule has 104 valence electrons. The molecule has 1 aliphatic carbocycles. The Labute approximate surface area is 113 Å². The molecule has 0 radical (unpaired) electrons. The van der Waals surface area contributed by atoms with Gasteiger partial charge in [0.2, 0.25) is 0 Å². The number of aromatic nitrogens is 2. The van der Waals surface area contributed by atoms with Crippen LogP contribution in [-0.2, 0) is 17.6 Å². The van der Waals surface area contributed by atoms with Crippen LogP contribution in [0.3, 0.4) is 0 Å². The van der Waals surface area contributed by atoms with Crippen LogP contribution in [0, 0.1) is 5.92 Å². The van der Waals surface area contributed by atoms with E-state index in [2.05, 4.69) is 22.4 Å². The molecule has 0 bridgehead atoms. The normalized spacial score (nSPS) is 26.2. The van der Waals surface area contributed by atoms with Gasteiger partial charge < -0.3 is 10.1 Å². The Bertz CT molecular complexity index is 463. The fourth-order valence-corrected chi connectivity index (χ4v) is 2.95. The maximum absolute atomic E-state index is 12.2. The first kappa shape index (κ1) is 12.7. The van der Waals surface area contributed by atoms with Crippen LogP contribution in [0.25, 0.3) is 0 Å². The minimum absolute atomic E-state index is 0.0675. The molecular weight excluding hydrogens is 242 g/mol. The minimum atomic E-state index is -0.0675. The van der Waals surface area contributed by atoms with Crippen molar-refractivity contribution in [2.24, 2.45) is 5.92 Å². The summed E-state index contributed by atoms with van der Waals surface area (Å²) < 4.78 is 5.51. The number of aryl methyl sites for hydroxylation is 1. The fraction of sp³-hybridized carbons (Fsp3) is 0.714. The van der Waals surface area contributed by atoms with Crippen LogP contribution >= 0.6 is 0 Å². The topological polar surface area (TPSA) is 67.0 Å². The number of aromatic amines is 1. The predicted octanol–water partition coefficient (Wildman–Crippen LogP) is 1.44. The zero-order valence-corrected chi connectivity index (χ0v) is 11.4. The van der Waals surface area contributed by atoms with Crippen LogP contribution in [0.1, 0.15) is 47.9 Å². The van der Waals surface area contributed by atoms with Crippen LogP contribution in [0.15, 0.2) is 0 Å². The molecular formula is C14H21N3O2. The van der Waals surface area contributed by atoms with E-state index in [1.807, 2.05) is 0 Å². The van der Waals surface area contributed by atoms with E-state index in [0.29, 0.717) is 18.2 Å². The van der Waals surface area contributed by atoms with Crippen molar-refractivity contribution in [1.82, 2.24) is 15.5 Å². The Morgan fingerprint density at radius 3 is 3.21 bits per heavy atom. The highest BCUT2D eigenvalue weighted by Crippen LogP contribution is 2.26. The average molecular weight is 263 g/mol. The van der Waals surface area contributed by atoms with Crippen LogP contribution in [-0.4, -0.2) is 35.4 Å². The number of carbonyl (C=O) groups excluding carboxylic acids is 1. The Morgan fingerprint density at radius 1 is 1.53 bits per heavy atom. The van der Waals surface area contributed by atoms with Gasteiger partial charge in [-0.15, -0.1) is 0 Å². The van der Waals surface area contributed by atoms with Crippen molar-refractivity contribution in [1.29, 1.82) is 0 Å². The lowest BCUT2D eigenvalue weighted by Gasteiger charge is -2.18. The third kappa shape index (κ3) is 2.66. The first-order valence-electron chi connectivity index (χ1n) is 7.20. The van der Waals surface area contributed by atoms with Crippen molar-refractivity contribution < 1.29 is 9.53 Å². The summed E-state index contributed by atoms with van der Waals surface area (Å²) in [6.07, 6.45) is 5.44. The molecule has 1 aromatic heterocycles. The lowest BCUT2D eigenvalue weighted by Crippen LogP contribution is -2.32. The summed E-state index contributed by atoms with van der Waals surface area (Å²) in [7, 11) is 0. The smallest absolute Gasteiger partial charge is 0.272 e. The molecule has 0 unspecified atom stereocenters. The molecule has 2 N–H and O–H groups in total. The summed E-state index contributed by atoms with van der Waals surface area (Å²) in [5.41, 5.74) is 2.84. The molecule has 1 amide bonds. The first-order valence-corrected chi connectivity index (χ1v) is 7.20. The number of hydrogen-bond donors (Lipinski definition) is 2. The number of hydrogen-bond acceptors (Lipinski definition) is 3. The van der Waals surface area contributed by atoms with E-state index in [0.717, 1.165) is 43.5 Å². The second-order valence-electron chi connectivity index (χ2n) is 5.72. The van der Waals surface area contributed by atoms with Crippen molar-refractivity contribution in [2.45, 2.75) is 45.1 Å². The molecule has 5 heteroatoms. The number of ether oxygens (including phenoxy) is 1. The van der Waals surface area contributed by atoms with E-state index in [4.69, 9.17) is 4.74 Å². The summed E-state index contributed by atoms with van der Waals surface area (Å²) >= 11 is 0. The third-order valence-electron chi connectivity index (χ3n) is 4.12. The van der Waals surface area contributed by atoms with Gasteiger partial charge in [0, 0.05) is 24.4 Å². The lowest BCUT2D eigenvalue weighted by atomic mass is 9.87. The largest absolute Gasteiger partial charge is 0.376 e. The number of fused-ring (bicyclic) bond motifs is 1. The van der Waals surface area contributed by atoms with E-state index < -0.39 is 0 Å². The SMILES string of the molecule is C[C@@H]1CCc2[nH]nc(C(=O)NC[C@H]3CCCO3)c2C1. The molecule has 0 aromatic carbocycles. The van der Waals surface area contributed by atoms with Gasteiger partial charge in [0.05, 0.1) is 6.10 Å². The van der Waals surface area contributed by atoms with E-state index in [1.165, 1.54) is 6.42 Å². The summed E-state index contributed by atoms with van der Waals surface area (Å²) in [4.78, 5) is 12.2. The Hall–Kier alpha value is -1.36. The molecule has 0 spiro atoms. The number of rotatable bonds is 3. The molecule has 2 heterocycles. The molecule has 5 nitrogen and oxygen atoms in total. The summed E-state index contributed by atoms with van der Waals surface area (Å²) in [5.74, 6) is 0.567. The van der Waals surface area contributed by atoms with E-state index in [1.54, 1.807) is 0 Å². The average Bonchev–Trinajstić information content (AvgIpc) is 3.04. The Morgan fingerprint density at radius 2 is 2.42 bits per heavy atom. The maximum Gasteiger partial charge on any atom is 0.272 e. The van der Waals surface area contributed by atoms with Crippen molar-refractivity contribution in [2.75, 3.05) is 13.2 Å². The van der Waals surface area contributed by atoms with Gasteiger partial charge in [-0.3, -0.25) is 9.89 Å². The number of amides is 1.